The molecule has 2 aromatic carbocycles. The lowest BCUT2D eigenvalue weighted by Crippen LogP contribution is -2.28. The fourth-order valence-electron chi connectivity index (χ4n) is 3.15. The first-order valence-electron chi connectivity index (χ1n) is 9.00. The van der Waals surface area contributed by atoms with Crippen LogP contribution in [-0.2, 0) is 15.0 Å². The van der Waals surface area contributed by atoms with Gasteiger partial charge in [-0.05, 0) is 47.4 Å². The average Bonchev–Trinajstić information content (AvgIpc) is 3.03. The number of carbonyl (C=O) groups excluding carboxylic acids is 2. The van der Waals surface area contributed by atoms with E-state index in [0.717, 1.165) is 5.69 Å². The Kier molecular flexibility index (Phi) is 5.00. The van der Waals surface area contributed by atoms with Gasteiger partial charge in [-0.1, -0.05) is 32.9 Å². The van der Waals surface area contributed by atoms with Crippen LogP contribution >= 0.6 is 0 Å². The molecule has 0 spiro atoms. The Balaban J connectivity index is 1.66. The number of nitrogens with zero attached hydrogens (tertiary/aromatic N) is 2. The standard InChI is InChI=1S/C22H23N3O2/c1-22(2,3)17-6-8-18(9-7-17)24-21(27)16-12-20(26)25(14-16)19-10-4-15(13-23)5-11-19/h4-11,16H,12,14H2,1-3H3,(H,24,27). The van der Waals surface area contributed by atoms with Gasteiger partial charge in [0, 0.05) is 24.3 Å². The van der Waals surface area contributed by atoms with Crippen LogP contribution < -0.4 is 10.2 Å². The SMILES string of the molecule is CC(C)(C)c1ccc(NC(=O)C2CC(=O)N(c3ccc(C#N)cc3)C2)cc1. The minimum atomic E-state index is -0.393. The number of nitriles is 1. The lowest BCUT2D eigenvalue weighted by Gasteiger charge is -2.19. The molecule has 2 aromatic rings. The first-order valence-corrected chi connectivity index (χ1v) is 9.00. The van der Waals surface area contributed by atoms with Crippen LogP contribution in [0.2, 0.25) is 0 Å². The molecule has 0 bridgehead atoms. The van der Waals surface area contributed by atoms with Gasteiger partial charge in [0.05, 0.1) is 17.6 Å². The minimum absolute atomic E-state index is 0.0575. The van der Waals surface area contributed by atoms with Gasteiger partial charge in [-0.25, -0.2) is 0 Å². The number of nitrogens with one attached hydrogen (secondary N) is 1. The molecule has 5 heteroatoms. The Bertz CT molecular complexity index is 887. The van der Waals surface area contributed by atoms with Gasteiger partial charge >= 0.3 is 0 Å². The lowest BCUT2D eigenvalue weighted by molar-refractivity contribution is -0.122. The predicted molar refractivity (Wildman–Crippen MR) is 105 cm³/mol. The van der Waals surface area contributed by atoms with Crippen molar-refractivity contribution in [2.45, 2.75) is 32.6 Å². The Morgan fingerprint density at radius 3 is 2.30 bits per heavy atom. The van der Waals surface area contributed by atoms with Crippen molar-refractivity contribution in [1.29, 1.82) is 5.26 Å². The van der Waals surface area contributed by atoms with Gasteiger partial charge in [-0.15, -0.1) is 0 Å². The summed E-state index contributed by atoms with van der Waals surface area (Å²) in [5, 5.41) is 11.8. The van der Waals surface area contributed by atoms with Crippen LogP contribution in [0.1, 0.15) is 38.3 Å². The molecule has 1 aliphatic rings. The third-order valence-corrected chi connectivity index (χ3v) is 4.82. The zero-order valence-corrected chi connectivity index (χ0v) is 15.8. The summed E-state index contributed by atoms with van der Waals surface area (Å²) in [6, 6.07) is 16.7. The van der Waals surface area contributed by atoms with Crippen molar-refractivity contribution in [3.05, 3.63) is 59.7 Å². The van der Waals surface area contributed by atoms with Gasteiger partial charge in [-0.2, -0.15) is 5.26 Å². The van der Waals surface area contributed by atoms with Gasteiger partial charge < -0.3 is 10.2 Å². The number of rotatable bonds is 3. The molecule has 0 radical (unpaired) electrons. The maximum atomic E-state index is 12.6. The molecule has 0 aromatic heterocycles. The maximum absolute atomic E-state index is 12.6. The second-order valence-electron chi connectivity index (χ2n) is 7.88. The molecule has 3 rings (SSSR count). The summed E-state index contributed by atoms with van der Waals surface area (Å²) in [6.45, 7) is 6.77. The number of benzene rings is 2. The molecule has 1 aliphatic heterocycles. The largest absolute Gasteiger partial charge is 0.326 e. The van der Waals surface area contributed by atoms with Crippen molar-refractivity contribution in [2.24, 2.45) is 5.92 Å². The summed E-state index contributed by atoms with van der Waals surface area (Å²) >= 11 is 0. The van der Waals surface area contributed by atoms with Crippen LogP contribution in [0.3, 0.4) is 0 Å². The summed E-state index contributed by atoms with van der Waals surface area (Å²) in [5.41, 5.74) is 3.24. The van der Waals surface area contributed by atoms with E-state index in [1.54, 1.807) is 29.2 Å². The van der Waals surface area contributed by atoms with Crippen molar-refractivity contribution in [3.63, 3.8) is 0 Å². The van der Waals surface area contributed by atoms with E-state index in [9.17, 15) is 9.59 Å². The first-order chi connectivity index (χ1) is 12.8. The van der Waals surface area contributed by atoms with Gasteiger partial charge in [0.15, 0.2) is 0 Å². The lowest BCUT2D eigenvalue weighted by atomic mass is 9.87. The van der Waals surface area contributed by atoms with E-state index in [2.05, 4.69) is 32.2 Å². The number of amides is 2. The molecule has 0 aliphatic carbocycles. The molecule has 27 heavy (non-hydrogen) atoms. The summed E-state index contributed by atoms with van der Waals surface area (Å²) in [5.74, 6) is -0.624. The topological polar surface area (TPSA) is 73.2 Å². The van der Waals surface area contributed by atoms with Crippen molar-refractivity contribution >= 4 is 23.2 Å². The van der Waals surface area contributed by atoms with E-state index in [0.29, 0.717) is 17.8 Å². The number of hydrogen-bond acceptors (Lipinski definition) is 3. The molecule has 0 saturated carbocycles. The van der Waals surface area contributed by atoms with E-state index >= 15 is 0 Å². The smallest absolute Gasteiger partial charge is 0.229 e. The van der Waals surface area contributed by atoms with Crippen LogP contribution in [-0.4, -0.2) is 18.4 Å². The molecular weight excluding hydrogens is 338 g/mol. The van der Waals surface area contributed by atoms with Gasteiger partial charge in [-0.3, -0.25) is 9.59 Å². The highest BCUT2D eigenvalue weighted by Gasteiger charge is 2.35. The number of anilines is 2. The molecule has 5 nitrogen and oxygen atoms in total. The fraction of sp³-hybridized carbons (Fsp3) is 0.318. The van der Waals surface area contributed by atoms with E-state index in [4.69, 9.17) is 5.26 Å². The van der Waals surface area contributed by atoms with E-state index < -0.39 is 5.92 Å². The van der Waals surface area contributed by atoms with Gasteiger partial charge in [0.25, 0.3) is 0 Å². The highest BCUT2D eigenvalue weighted by atomic mass is 16.2. The molecule has 1 heterocycles. The van der Waals surface area contributed by atoms with Gasteiger partial charge in [0.1, 0.15) is 0 Å². The molecule has 1 atom stereocenters. The molecule has 1 saturated heterocycles. The second kappa shape index (κ2) is 7.24. The number of hydrogen-bond donors (Lipinski definition) is 1. The Hall–Kier alpha value is -3.13. The second-order valence-corrected chi connectivity index (χ2v) is 7.88. The molecule has 2 amide bonds. The normalized spacial score (nSPS) is 16.9. The summed E-state index contributed by atoms with van der Waals surface area (Å²) in [6.07, 6.45) is 0.186. The Morgan fingerprint density at radius 2 is 1.74 bits per heavy atom. The van der Waals surface area contributed by atoms with E-state index in [1.807, 2.05) is 24.3 Å². The Morgan fingerprint density at radius 1 is 1.11 bits per heavy atom. The van der Waals surface area contributed by atoms with E-state index in [1.165, 1.54) is 5.56 Å². The van der Waals surface area contributed by atoms with Gasteiger partial charge in [0.2, 0.25) is 11.8 Å². The highest BCUT2D eigenvalue weighted by Crippen LogP contribution is 2.27. The van der Waals surface area contributed by atoms with Crippen LogP contribution in [0.4, 0.5) is 11.4 Å². The molecular formula is C22H23N3O2. The minimum Gasteiger partial charge on any atom is -0.326 e. The maximum Gasteiger partial charge on any atom is 0.229 e. The zero-order valence-electron chi connectivity index (χ0n) is 15.8. The third-order valence-electron chi connectivity index (χ3n) is 4.82. The van der Waals surface area contributed by atoms with Crippen molar-refractivity contribution in [3.8, 4) is 6.07 Å². The molecule has 1 N–H and O–H groups in total. The van der Waals surface area contributed by atoms with Crippen LogP contribution in [0, 0.1) is 17.2 Å². The Labute approximate surface area is 159 Å². The first kappa shape index (κ1) is 18.7. The number of carbonyl (C=O) groups is 2. The van der Waals surface area contributed by atoms with Crippen molar-refractivity contribution in [1.82, 2.24) is 0 Å². The summed E-state index contributed by atoms with van der Waals surface area (Å²) in [7, 11) is 0. The fourth-order valence-corrected chi connectivity index (χ4v) is 3.15. The average molecular weight is 361 g/mol. The van der Waals surface area contributed by atoms with Crippen LogP contribution in [0.5, 0.6) is 0 Å². The van der Waals surface area contributed by atoms with Crippen LogP contribution in [0.25, 0.3) is 0 Å². The van der Waals surface area contributed by atoms with Crippen LogP contribution in [0.15, 0.2) is 48.5 Å². The molecule has 1 fully saturated rings. The highest BCUT2D eigenvalue weighted by molar-refractivity contribution is 6.03. The van der Waals surface area contributed by atoms with Crippen molar-refractivity contribution < 1.29 is 9.59 Å². The quantitative estimate of drug-likeness (QED) is 0.902. The molecule has 1 unspecified atom stereocenters. The van der Waals surface area contributed by atoms with Crippen molar-refractivity contribution in [2.75, 3.05) is 16.8 Å². The summed E-state index contributed by atoms with van der Waals surface area (Å²) < 4.78 is 0. The monoisotopic (exact) mass is 361 g/mol. The molecule has 138 valence electrons. The summed E-state index contributed by atoms with van der Waals surface area (Å²) in [4.78, 5) is 26.5. The predicted octanol–water partition coefficient (Wildman–Crippen LogP) is 3.85. The van der Waals surface area contributed by atoms with E-state index in [-0.39, 0.29) is 23.7 Å². The third kappa shape index (κ3) is 4.17. The zero-order chi connectivity index (χ0) is 19.6.